The number of nitrogens with zero attached hydrogens (tertiary/aromatic N) is 4. The number of aliphatic hydroxyl groups excluding tert-OH is 1. The number of aliphatic hydroxyl groups is 1. The molecule has 0 unspecified atom stereocenters. The van der Waals surface area contributed by atoms with Gasteiger partial charge in [-0.05, 0) is 12.1 Å². The standard InChI is InChI=1S/C11H11ClN4O2/c12-9-1-2-11(14-5-9)16(8-18)15-4-3-13-10(6-15)7-17/h1-3,5-6,8,17H,4,7H2. The van der Waals surface area contributed by atoms with Crippen LogP contribution in [-0.4, -0.2) is 40.9 Å². The largest absolute Gasteiger partial charge is 0.390 e. The quantitative estimate of drug-likeness (QED) is 0.820. The molecule has 1 aliphatic rings. The lowest BCUT2D eigenvalue weighted by atomic mass is 10.4. The summed E-state index contributed by atoms with van der Waals surface area (Å²) in [5.41, 5.74) is 0.474. The molecule has 0 saturated carbocycles. The molecule has 1 aromatic heterocycles. The molecular formula is C11H11ClN4O2. The predicted molar refractivity (Wildman–Crippen MR) is 68.2 cm³/mol. The molecule has 0 atom stereocenters. The van der Waals surface area contributed by atoms with E-state index in [4.69, 9.17) is 16.7 Å². The number of anilines is 1. The maximum absolute atomic E-state index is 11.2. The Kier molecular flexibility index (Phi) is 3.91. The third-order valence-corrected chi connectivity index (χ3v) is 2.53. The van der Waals surface area contributed by atoms with Gasteiger partial charge >= 0.3 is 0 Å². The molecule has 1 aromatic rings. The molecular weight excluding hydrogens is 256 g/mol. The van der Waals surface area contributed by atoms with Crippen molar-refractivity contribution in [3.8, 4) is 0 Å². The van der Waals surface area contributed by atoms with Crippen LogP contribution in [0, 0.1) is 0 Å². The van der Waals surface area contributed by atoms with Crippen molar-refractivity contribution in [1.82, 2.24) is 9.99 Å². The highest BCUT2D eigenvalue weighted by Gasteiger charge is 2.16. The van der Waals surface area contributed by atoms with Crippen molar-refractivity contribution in [2.24, 2.45) is 4.99 Å². The zero-order valence-electron chi connectivity index (χ0n) is 9.40. The Balaban J connectivity index is 2.24. The van der Waals surface area contributed by atoms with E-state index in [0.29, 0.717) is 29.5 Å². The van der Waals surface area contributed by atoms with Crippen molar-refractivity contribution in [2.75, 3.05) is 18.2 Å². The van der Waals surface area contributed by atoms with E-state index in [0.717, 1.165) is 0 Å². The Morgan fingerprint density at radius 1 is 1.56 bits per heavy atom. The number of pyridine rings is 1. The van der Waals surface area contributed by atoms with Crippen LogP contribution in [0.1, 0.15) is 0 Å². The third-order valence-electron chi connectivity index (χ3n) is 2.31. The van der Waals surface area contributed by atoms with Crippen molar-refractivity contribution >= 4 is 30.0 Å². The second-order valence-corrected chi connectivity index (χ2v) is 3.93. The highest BCUT2D eigenvalue weighted by atomic mass is 35.5. The first kappa shape index (κ1) is 12.5. The van der Waals surface area contributed by atoms with Gasteiger partial charge in [0.15, 0.2) is 5.82 Å². The Morgan fingerprint density at radius 3 is 3.00 bits per heavy atom. The van der Waals surface area contributed by atoms with Crippen molar-refractivity contribution in [3.05, 3.63) is 35.2 Å². The number of aromatic nitrogens is 1. The van der Waals surface area contributed by atoms with Crippen LogP contribution in [0.2, 0.25) is 5.02 Å². The number of hydrogen-bond donors (Lipinski definition) is 1. The molecule has 0 fully saturated rings. The smallest absolute Gasteiger partial charge is 0.234 e. The predicted octanol–water partition coefficient (Wildman–Crippen LogP) is 0.833. The summed E-state index contributed by atoms with van der Waals surface area (Å²) in [5, 5.41) is 12.4. The third kappa shape index (κ3) is 2.66. The summed E-state index contributed by atoms with van der Waals surface area (Å²) in [7, 11) is 0. The molecule has 1 aliphatic heterocycles. The van der Waals surface area contributed by atoms with E-state index >= 15 is 0 Å². The molecule has 2 rings (SSSR count). The van der Waals surface area contributed by atoms with Crippen LogP contribution in [0.3, 0.4) is 0 Å². The molecule has 0 radical (unpaired) electrons. The second kappa shape index (κ2) is 5.61. The summed E-state index contributed by atoms with van der Waals surface area (Å²) >= 11 is 5.74. The van der Waals surface area contributed by atoms with Gasteiger partial charge < -0.3 is 5.11 Å². The first-order chi connectivity index (χ1) is 8.74. The lowest BCUT2D eigenvalue weighted by Gasteiger charge is -2.30. The molecule has 18 heavy (non-hydrogen) atoms. The zero-order valence-corrected chi connectivity index (χ0v) is 10.2. The SMILES string of the molecule is O=CN(c1ccc(Cl)cn1)N1C=C(CO)N=CC1. The highest BCUT2D eigenvalue weighted by Crippen LogP contribution is 2.16. The number of aliphatic imine (C=N–C) groups is 1. The molecule has 94 valence electrons. The molecule has 0 aliphatic carbocycles. The number of carbonyl (C=O) groups is 1. The molecule has 7 heteroatoms. The Morgan fingerprint density at radius 2 is 2.39 bits per heavy atom. The van der Waals surface area contributed by atoms with E-state index in [9.17, 15) is 4.79 Å². The fourth-order valence-electron chi connectivity index (χ4n) is 1.48. The number of rotatable bonds is 4. The van der Waals surface area contributed by atoms with Gasteiger partial charge in [-0.1, -0.05) is 11.6 Å². The lowest BCUT2D eigenvalue weighted by molar-refractivity contribution is -0.109. The Hall–Kier alpha value is -1.92. The number of amides is 1. The van der Waals surface area contributed by atoms with E-state index in [2.05, 4.69) is 9.98 Å². The highest BCUT2D eigenvalue weighted by molar-refractivity contribution is 6.30. The fourth-order valence-corrected chi connectivity index (χ4v) is 1.59. The molecule has 1 N–H and O–H groups in total. The maximum Gasteiger partial charge on any atom is 0.234 e. The van der Waals surface area contributed by atoms with Gasteiger partial charge in [0.2, 0.25) is 6.41 Å². The topological polar surface area (TPSA) is 69.0 Å². The summed E-state index contributed by atoms with van der Waals surface area (Å²) in [6.45, 7) is 0.236. The van der Waals surface area contributed by atoms with E-state index in [1.807, 2.05) is 0 Å². The van der Waals surface area contributed by atoms with Crippen molar-refractivity contribution in [1.29, 1.82) is 0 Å². The minimum Gasteiger partial charge on any atom is -0.390 e. The monoisotopic (exact) mass is 266 g/mol. The van der Waals surface area contributed by atoms with Crippen LogP contribution >= 0.6 is 11.6 Å². The maximum atomic E-state index is 11.2. The first-order valence-electron chi connectivity index (χ1n) is 5.21. The van der Waals surface area contributed by atoms with Gasteiger partial charge in [0.1, 0.15) is 0 Å². The Labute approximate surface area is 109 Å². The normalized spacial score (nSPS) is 14.3. The summed E-state index contributed by atoms with van der Waals surface area (Å²) in [4.78, 5) is 19.2. The van der Waals surface area contributed by atoms with Gasteiger partial charge in [-0.25, -0.2) is 9.99 Å². The number of halogens is 1. The van der Waals surface area contributed by atoms with E-state index in [-0.39, 0.29) is 6.61 Å². The van der Waals surface area contributed by atoms with Gasteiger partial charge in [0.25, 0.3) is 0 Å². The summed E-state index contributed by atoms with van der Waals surface area (Å²) in [6, 6.07) is 3.28. The van der Waals surface area contributed by atoms with E-state index < -0.39 is 0 Å². The summed E-state index contributed by atoms with van der Waals surface area (Å²) < 4.78 is 0. The van der Waals surface area contributed by atoms with Gasteiger partial charge in [-0.15, -0.1) is 0 Å². The molecule has 6 nitrogen and oxygen atoms in total. The Bertz CT molecular complexity index is 486. The van der Waals surface area contributed by atoms with Gasteiger partial charge in [0, 0.05) is 18.6 Å². The molecule has 0 aromatic carbocycles. The van der Waals surface area contributed by atoms with Crippen LogP contribution in [0.5, 0.6) is 0 Å². The van der Waals surface area contributed by atoms with Crippen LogP contribution in [0.15, 0.2) is 35.2 Å². The minimum absolute atomic E-state index is 0.187. The van der Waals surface area contributed by atoms with E-state index in [1.54, 1.807) is 29.6 Å². The molecule has 0 saturated heterocycles. The minimum atomic E-state index is -0.187. The average molecular weight is 267 g/mol. The summed E-state index contributed by atoms with van der Waals surface area (Å²) in [5.74, 6) is 0.443. The molecule has 0 spiro atoms. The van der Waals surface area contributed by atoms with Crippen molar-refractivity contribution in [2.45, 2.75) is 0 Å². The van der Waals surface area contributed by atoms with E-state index in [1.165, 1.54) is 11.2 Å². The van der Waals surface area contributed by atoms with Crippen LogP contribution in [0.25, 0.3) is 0 Å². The van der Waals surface area contributed by atoms with Gasteiger partial charge in [-0.2, -0.15) is 0 Å². The van der Waals surface area contributed by atoms with Gasteiger partial charge in [-0.3, -0.25) is 14.8 Å². The average Bonchev–Trinajstić information content (AvgIpc) is 2.42. The second-order valence-electron chi connectivity index (χ2n) is 3.50. The molecule has 1 amide bonds. The molecule has 0 bridgehead atoms. The molecule has 2 heterocycles. The van der Waals surface area contributed by atoms with Gasteiger partial charge in [0.05, 0.1) is 23.9 Å². The number of hydrogen-bond acceptors (Lipinski definition) is 5. The number of hydrazine groups is 1. The fraction of sp³-hybridized carbons (Fsp3) is 0.182. The van der Waals surface area contributed by atoms with Crippen molar-refractivity contribution < 1.29 is 9.90 Å². The zero-order chi connectivity index (χ0) is 13.0. The lowest BCUT2D eigenvalue weighted by Crippen LogP contribution is -2.41. The summed E-state index contributed by atoms with van der Waals surface area (Å²) in [6.07, 6.45) is 5.30. The number of carbonyl (C=O) groups excluding carboxylic acids is 1. The van der Waals surface area contributed by atoms with Crippen molar-refractivity contribution in [3.63, 3.8) is 0 Å². The van der Waals surface area contributed by atoms with Crippen LogP contribution < -0.4 is 5.01 Å². The van der Waals surface area contributed by atoms with Crippen LogP contribution in [0.4, 0.5) is 5.82 Å². The van der Waals surface area contributed by atoms with Crippen LogP contribution in [-0.2, 0) is 4.79 Å². The first-order valence-corrected chi connectivity index (χ1v) is 5.59.